The Labute approximate surface area is 132 Å². The zero-order valence-corrected chi connectivity index (χ0v) is 13.8. The molecule has 0 fully saturated rings. The molecule has 0 aliphatic carbocycles. The minimum atomic E-state index is -0.810. The molecule has 4 heteroatoms. The number of benzene rings is 1. The summed E-state index contributed by atoms with van der Waals surface area (Å²) in [6, 6.07) is 9.85. The van der Waals surface area contributed by atoms with Crippen LogP contribution in [0.2, 0.25) is 0 Å². The lowest BCUT2D eigenvalue weighted by molar-refractivity contribution is -0.143. The number of carbonyl (C=O) groups is 2. The largest absolute Gasteiger partial charge is 0.466 e. The summed E-state index contributed by atoms with van der Waals surface area (Å²) in [4.78, 5) is 23.5. The minimum absolute atomic E-state index is 0.0231. The van der Waals surface area contributed by atoms with Gasteiger partial charge < -0.3 is 9.47 Å². The highest BCUT2D eigenvalue weighted by Gasteiger charge is 2.34. The minimum Gasteiger partial charge on any atom is -0.466 e. The summed E-state index contributed by atoms with van der Waals surface area (Å²) in [6.07, 6.45) is 2.99. The first-order chi connectivity index (χ1) is 10.5. The zero-order chi connectivity index (χ0) is 16.4. The lowest BCUT2D eigenvalue weighted by Gasteiger charge is -2.30. The second-order valence-corrected chi connectivity index (χ2v) is 5.43. The van der Waals surface area contributed by atoms with E-state index in [1.807, 2.05) is 30.3 Å². The highest BCUT2D eigenvalue weighted by molar-refractivity contribution is 5.85. The van der Waals surface area contributed by atoms with E-state index in [9.17, 15) is 9.59 Å². The van der Waals surface area contributed by atoms with Crippen LogP contribution in [0.25, 0.3) is 0 Å². The SMILES string of the molecule is CCOC(=O)CCCCC(Cc1ccccc1)(OC)C(C)=O. The Kier molecular flexibility index (Phi) is 7.82. The van der Waals surface area contributed by atoms with Crippen molar-refractivity contribution >= 4 is 11.8 Å². The van der Waals surface area contributed by atoms with Gasteiger partial charge in [-0.25, -0.2) is 0 Å². The predicted molar refractivity (Wildman–Crippen MR) is 85.7 cm³/mol. The summed E-state index contributed by atoms with van der Waals surface area (Å²) in [7, 11) is 1.58. The molecule has 0 N–H and O–H groups in total. The van der Waals surface area contributed by atoms with Gasteiger partial charge in [-0.15, -0.1) is 0 Å². The van der Waals surface area contributed by atoms with Crippen molar-refractivity contribution in [2.24, 2.45) is 0 Å². The number of hydrogen-bond donors (Lipinski definition) is 0. The number of Topliss-reactive ketones (excluding diaryl/α,β-unsaturated/α-hetero) is 1. The maximum absolute atomic E-state index is 12.1. The average Bonchev–Trinajstić information content (AvgIpc) is 2.51. The van der Waals surface area contributed by atoms with Crippen molar-refractivity contribution < 1.29 is 19.1 Å². The number of methoxy groups -OCH3 is 1. The number of unbranched alkanes of at least 4 members (excludes halogenated alkanes) is 1. The summed E-state index contributed by atoms with van der Waals surface area (Å²) >= 11 is 0. The lowest BCUT2D eigenvalue weighted by atomic mass is 9.85. The van der Waals surface area contributed by atoms with Crippen molar-refractivity contribution in [1.29, 1.82) is 0 Å². The van der Waals surface area contributed by atoms with Crippen LogP contribution in [0.5, 0.6) is 0 Å². The molecule has 1 unspecified atom stereocenters. The fraction of sp³-hybridized carbons (Fsp3) is 0.556. The molecule has 0 bridgehead atoms. The summed E-state index contributed by atoms with van der Waals surface area (Å²) in [5.41, 5.74) is 0.265. The third-order valence-electron chi connectivity index (χ3n) is 3.88. The second kappa shape index (κ2) is 9.36. The van der Waals surface area contributed by atoms with Gasteiger partial charge in [0, 0.05) is 20.0 Å². The van der Waals surface area contributed by atoms with Gasteiger partial charge in [0.15, 0.2) is 5.78 Å². The first-order valence-electron chi connectivity index (χ1n) is 7.80. The Morgan fingerprint density at radius 3 is 2.36 bits per heavy atom. The van der Waals surface area contributed by atoms with Crippen molar-refractivity contribution in [3.05, 3.63) is 35.9 Å². The molecule has 0 amide bonds. The van der Waals surface area contributed by atoms with Gasteiger partial charge in [0.25, 0.3) is 0 Å². The smallest absolute Gasteiger partial charge is 0.305 e. The summed E-state index contributed by atoms with van der Waals surface area (Å²) in [6.45, 7) is 3.77. The van der Waals surface area contributed by atoms with Crippen molar-refractivity contribution in [3.8, 4) is 0 Å². The van der Waals surface area contributed by atoms with E-state index in [4.69, 9.17) is 9.47 Å². The van der Waals surface area contributed by atoms with Gasteiger partial charge in [-0.2, -0.15) is 0 Å². The van der Waals surface area contributed by atoms with Crippen LogP contribution in [-0.4, -0.2) is 31.1 Å². The van der Waals surface area contributed by atoms with E-state index < -0.39 is 5.60 Å². The van der Waals surface area contributed by atoms with Gasteiger partial charge in [-0.1, -0.05) is 30.3 Å². The molecule has 4 nitrogen and oxygen atoms in total. The molecule has 1 rings (SSSR count). The lowest BCUT2D eigenvalue weighted by Crippen LogP contribution is -2.41. The van der Waals surface area contributed by atoms with Crippen LogP contribution in [0, 0.1) is 0 Å². The van der Waals surface area contributed by atoms with Crippen molar-refractivity contribution in [2.45, 2.75) is 51.6 Å². The highest BCUT2D eigenvalue weighted by atomic mass is 16.5. The summed E-state index contributed by atoms with van der Waals surface area (Å²) in [5, 5.41) is 0. The fourth-order valence-electron chi connectivity index (χ4n) is 2.55. The van der Waals surface area contributed by atoms with Crippen molar-refractivity contribution in [1.82, 2.24) is 0 Å². The van der Waals surface area contributed by atoms with Gasteiger partial charge in [0.2, 0.25) is 0 Å². The normalized spacial score (nSPS) is 13.4. The van der Waals surface area contributed by atoms with Crippen LogP contribution in [0.4, 0.5) is 0 Å². The molecular weight excluding hydrogens is 280 g/mol. The van der Waals surface area contributed by atoms with Crippen LogP contribution in [0.3, 0.4) is 0 Å². The Bertz CT molecular complexity index is 469. The van der Waals surface area contributed by atoms with Crippen molar-refractivity contribution in [2.75, 3.05) is 13.7 Å². The van der Waals surface area contributed by atoms with Gasteiger partial charge in [-0.3, -0.25) is 9.59 Å². The van der Waals surface area contributed by atoms with Gasteiger partial charge in [-0.05, 0) is 38.7 Å². The molecule has 1 aromatic carbocycles. The molecule has 0 heterocycles. The van der Waals surface area contributed by atoms with E-state index in [2.05, 4.69) is 0 Å². The molecule has 0 saturated carbocycles. The third kappa shape index (κ3) is 5.60. The predicted octanol–water partition coefficient (Wildman–Crippen LogP) is 3.33. The molecule has 0 saturated heterocycles. The molecule has 0 aliphatic rings. The van der Waals surface area contributed by atoms with Gasteiger partial charge >= 0.3 is 5.97 Å². The summed E-state index contributed by atoms with van der Waals surface area (Å²) in [5.74, 6) is -0.161. The number of rotatable bonds is 10. The maximum atomic E-state index is 12.1. The Balaban J connectivity index is 2.60. The molecule has 22 heavy (non-hydrogen) atoms. The van der Waals surface area contributed by atoms with E-state index in [1.54, 1.807) is 21.0 Å². The number of carbonyl (C=O) groups excluding carboxylic acids is 2. The van der Waals surface area contributed by atoms with Crippen LogP contribution in [-0.2, 0) is 25.5 Å². The molecule has 0 radical (unpaired) electrons. The van der Waals surface area contributed by atoms with E-state index in [0.29, 0.717) is 32.3 Å². The van der Waals surface area contributed by atoms with Crippen molar-refractivity contribution in [3.63, 3.8) is 0 Å². The molecule has 0 aromatic heterocycles. The topological polar surface area (TPSA) is 52.6 Å². The Morgan fingerprint density at radius 1 is 1.14 bits per heavy atom. The number of ketones is 1. The van der Waals surface area contributed by atoms with Crippen LogP contribution >= 0.6 is 0 Å². The maximum Gasteiger partial charge on any atom is 0.305 e. The van der Waals surface area contributed by atoms with Gasteiger partial charge in [0.05, 0.1) is 6.61 Å². The summed E-state index contributed by atoms with van der Waals surface area (Å²) < 4.78 is 10.5. The van der Waals surface area contributed by atoms with Crippen LogP contribution < -0.4 is 0 Å². The molecule has 0 aliphatic heterocycles. The molecular formula is C18H26O4. The molecule has 1 atom stereocenters. The van der Waals surface area contributed by atoms with E-state index in [1.165, 1.54) is 0 Å². The first-order valence-corrected chi connectivity index (χ1v) is 7.80. The third-order valence-corrected chi connectivity index (χ3v) is 3.88. The number of ether oxygens (including phenoxy) is 2. The van der Waals surface area contributed by atoms with Crippen LogP contribution in [0.15, 0.2) is 30.3 Å². The quantitative estimate of drug-likeness (QED) is 0.491. The number of hydrogen-bond acceptors (Lipinski definition) is 4. The van der Waals surface area contributed by atoms with E-state index >= 15 is 0 Å². The van der Waals surface area contributed by atoms with Gasteiger partial charge in [0.1, 0.15) is 5.60 Å². The van der Waals surface area contributed by atoms with E-state index in [0.717, 1.165) is 12.0 Å². The second-order valence-electron chi connectivity index (χ2n) is 5.43. The monoisotopic (exact) mass is 306 g/mol. The highest BCUT2D eigenvalue weighted by Crippen LogP contribution is 2.25. The molecule has 1 aromatic rings. The average molecular weight is 306 g/mol. The van der Waals surface area contributed by atoms with Crippen LogP contribution in [0.1, 0.15) is 45.1 Å². The Hall–Kier alpha value is -1.68. The number of esters is 1. The fourth-order valence-corrected chi connectivity index (χ4v) is 2.55. The standard InChI is InChI=1S/C18H26O4/c1-4-22-17(20)12-8-9-13-18(21-3,15(2)19)14-16-10-6-5-7-11-16/h5-7,10-11H,4,8-9,12-14H2,1-3H3. The molecule has 122 valence electrons. The Morgan fingerprint density at radius 2 is 1.82 bits per heavy atom. The first kappa shape index (κ1) is 18.4. The zero-order valence-electron chi connectivity index (χ0n) is 13.8. The van der Waals surface area contributed by atoms with E-state index in [-0.39, 0.29) is 11.8 Å². The molecule has 0 spiro atoms.